The number of aromatic nitrogens is 2. The summed E-state index contributed by atoms with van der Waals surface area (Å²) in [7, 11) is 1.38. The van der Waals surface area contributed by atoms with Crippen LogP contribution in [0.15, 0.2) is 42.6 Å². The van der Waals surface area contributed by atoms with Crippen molar-refractivity contribution in [3.63, 3.8) is 0 Å². The zero-order valence-corrected chi connectivity index (χ0v) is 10.1. The number of benzene rings is 1. The van der Waals surface area contributed by atoms with Gasteiger partial charge in [0.25, 0.3) is 0 Å². The second-order valence-electron chi connectivity index (χ2n) is 3.74. The maximum absolute atomic E-state index is 11.0. The van der Waals surface area contributed by atoms with E-state index in [1.807, 2.05) is 36.4 Å². The Balaban J connectivity index is 2.21. The predicted octanol–water partition coefficient (Wildman–Crippen LogP) is 2.65. The largest absolute Gasteiger partial charge is 0.469 e. The predicted molar refractivity (Wildman–Crippen MR) is 69.7 cm³/mol. The maximum atomic E-state index is 11.0. The number of methoxy groups -OCH3 is 1. The summed E-state index contributed by atoms with van der Waals surface area (Å²) < 4.78 is 4.58. The fourth-order valence-electron chi connectivity index (χ4n) is 1.66. The van der Waals surface area contributed by atoms with E-state index in [9.17, 15) is 4.79 Å². The first-order valence-electron chi connectivity index (χ1n) is 5.63. The lowest BCUT2D eigenvalue weighted by atomic mass is 10.0. The quantitative estimate of drug-likeness (QED) is 0.838. The molecule has 2 aromatic rings. The average Bonchev–Trinajstić information content (AvgIpc) is 2.93. The number of nitrogens with zero attached hydrogens (tertiary/aromatic N) is 1. The average molecular weight is 242 g/mol. The van der Waals surface area contributed by atoms with Gasteiger partial charge in [0.15, 0.2) is 0 Å². The molecule has 1 heterocycles. The van der Waals surface area contributed by atoms with Crippen LogP contribution in [0.4, 0.5) is 0 Å². The molecule has 4 nitrogen and oxygen atoms in total. The van der Waals surface area contributed by atoms with Crippen molar-refractivity contribution in [2.75, 3.05) is 7.11 Å². The Morgan fingerprint density at radius 1 is 1.39 bits per heavy atom. The van der Waals surface area contributed by atoms with Crippen LogP contribution < -0.4 is 0 Å². The highest BCUT2D eigenvalue weighted by Crippen LogP contribution is 2.22. The first kappa shape index (κ1) is 12.1. The van der Waals surface area contributed by atoms with Crippen LogP contribution >= 0.6 is 0 Å². The van der Waals surface area contributed by atoms with Crippen molar-refractivity contribution in [1.29, 1.82) is 0 Å². The molecule has 18 heavy (non-hydrogen) atoms. The lowest BCUT2D eigenvalue weighted by Crippen LogP contribution is -1.96. The van der Waals surface area contributed by atoms with E-state index < -0.39 is 0 Å². The number of carbonyl (C=O) groups excluding carboxylic acids is 1. The van der Waals surface area contributed by atoms with Crippen molar-refractivity contribution in [3.05, 3.63) is 48.2 Å². The molecular formula is C14H14N2O2. The maximum Gasteiger partial charge on any atom is 0.309 e. The summed E-state index contributed by atoms with van der Waals surface area (Å²) in [6, 6.07) is 9.83. The fraction of sp³-hybridized carbons (Fsp3) is 0.143. The molecule has 1 aromatic heterocycles. The Morgan fingerprint density at radius 2 is 2.22 bits per heavy atom. The highest BCUT2D eigenvalue weighted by atomic mass is 16.5. The zero-order valence-electron chi connectivity index (χ0n) is 10.1. The van der Waals surface area contributed by atoms with Gasteiger partial charge < -0.3 is 4.74 Å². The van der Waals surface area contributed by atoms with Gasteiger partial charge in [0, 0.05) is 11.8 Å². The van der Waals surface area contributed by atoms with E-state index in [0.717, 1.165) is 16.8 Å². The van der Waals surface area contributed by atoms with Crippen LogP contribution in [0.5, 0.6) is 0 Å². The molecule has 1 N–H and O–H groups in total. The zero-order chi connectivity index (χ0) is 12.8. The van der Waals surface area contributed by atoms with E-state index in [4.69, 9.17) is 0 Å². The normalized spacial score (nSPS) is 10.7. The number of hydrogen-bond donors (Lipinski definition) is 1. The number of ether oxygens (including phenoxy) is 1. The lowest BCUT2D eigenvalue weighted by molar-refractivity contribution is -0.139. The third-order valence-corrected chi connectivity index (χ3v) is 2.56. The molecule has 92 valence electrons. The lowest BCUT2D eigenvalue weighted by Gasteiger charge is -2.02. The van der Waals surface area contributed by atoms with Gasteiger partial charge >= 0.3 is 5.97 Å². The minimum absolute atomic E-state index is 0.245. The molecule has 4 heteroatoms. The summed E-state index contributed by atoms with van der Waals surface area (Å²) in [6.07, 6.45) is 5.69. The number of aromatic amines is 1. The van der Waals surface area contributed by atoms with Gasteiger partial charge in [-0.05, 0) is 11.6 Å². The van der Waals surface area contributed by atoms with E-state index in [2.05, 4.69) is 14.9 Å². The van der Waals surface area contributed by atoms with Crippen LogP contribution in [0, 0.1) is 0 Å². The molecule has 0 aliphatic heterocycles. The van der Waals surface area contributed by atoms with E-state index in [1.165, 1.54) is 7.11 Å². The number of carbonyl (C=O) groups is 1. The highest BCUT2D eigenvalue weighted by molar-refractivity contribution is 5.76. The summed E-state index contributed by atoms with van der Waals surface area (Å²) in [5, 5.41) is 6.87. The third kappa shape index (κ3) is 2.85. The van der Waals surface area contributed by atoms with Crippen LogP contribution in [0.2, 0.25) is 0 Å². The van der Waals surface area contributed by atoms with Crippen LogP contribution in [0.3, 0.4) is 0 Å². The third-order valence-electron chi connectivity index (χ3n) is 2.56. The van der Waals surface area contributed by atoms with E-state index in [-0.39, 0.29) is 12.4 Å². The summed E-state index contributed by atoms with van der Waals surface area (Å²) >= 11 is 0. The minimum Gasteiger partial charge on any atom is -0.469 e. The first-order chi connectivity index (χ1) is 8.81. The SMILES string of the molecule is COC(=O)CC=Cc1ccccc1-c1ccn[nH]1. The fourth-order valence-corrected chi connectivity index (χ4v) is 1.66. The molecule has 2 rings (SSSR count). The smallest absolute Gasteiger partial charge is 0.309 e. The summed E-state index contributed by atoms with van der Waals surface area (Å²) in [5.74, 6) is -0.245. The first-order valence-corrected chi connectivity index (χ1v) is 5.63. The molecule has 1 aromatic carbocycles. The van der Waals surface area contributed by atoms with Gasteiger partial charge in [0.2, 0.25) is 0 Å². The van der Waals surface area contributed by atoms with Gasteiger partial charge in [-0.1, -0.05) is 36.4 Å². The topological polar surface area (TPSA) is 55.0 Å². The van der Waals surface area contributed by atoms with Crippen LogP contribution in [-0.2, 0) is 9.53 Å². The van der Waals surface area contributed by atoms with Crippen molar-refractivity contribution in [3.8, 4) is 11.3 Å². The molecule has 0 aliphatic carbocycles. The highest BCUT2D eigenvalue weighted by Gasteiger charge is 2.03. The summed E-state index contributed by atoms with van der Waals surface area (Å²) in [5.41, 5.74) is 3.04. The van der Waals surface area contributed by atoms with Crippen molar-refractivity contribution in [2.24, 2.45) is 0 Å². The Labute approximate surface area is 105 Å². The molecule has 0 unspecified atom stereocenters. The second kappa shape index (κ2) is 5.82. The van der Waals surface area contributed by atoms with Gasteiger partial charge in [-0.25, -0.2) is 0 Å². The number of esters is 1. The van der Waals surface area contributed by atoms with E-state index in [0.29, 0.717) is 0 Å². The van der Waals surface area contributed by atoms with Crippen LogP contribution in [-0.4, -0.2) is 23.3 Å². The molecule has 0 saturated carbocycles. The molecule has 0 spiro atoms. The Hall–Kier alpha value is -2.36. The summed E-state index contributed by atoms with van der Waals surface area (Å²) in [4.78, 5) is 11.0. The van der Waals surface area contributed by atoms with Gasteiger partial charge in [0.1, 0.15) is 0 Å². The van der Waals surface area contributed by atoms with E-state index in [1.54, 1.807) is 12.3 Å². The Morgan fingerprint density at radius 3 is 2.94 bits per heavy atom. The van der Waals surface area contributed by atoms with Crippen LogP contribution in [0.1, 0.15) is 12.0 Å². The molecule has 0 radical (unpaired) electrons. The Bertz CT molecular complexity index is 545. The van der Waals surface area contributed by atoms with Crippen molar-refractivity contribution >= 4 is 12.0 Å². The number of H-pyrrole nitrogens is 1. The molecular weight excluding hydrogens is 228 g/mol. The van der Waals surface area contributed by atoms with Gasteiger partial charge in [0.05, 0.1) is 19.2 Å². The second-order valence-corrected chi connectivity index (χ2v) is 3.74. The van der Waals surface area contributed by atoms with Crippen molar-refractivity contribution < 1.29 is 9.53 Å². The number of rotatable bonds is 4. The molecule has 0 saturated heterocycles. The number of nitrogens with one attached hydrogen (secondary N) is 1. The van der Waals surface area contributed by atoms with E-state index >= 15 is 0 Å². The van der Waals surface area contributed by atoms with Gasteiger partial charge in [-0.15, -0.1) is 0 Å². The minimum atomic E-state index is -0.245. The molecule has 0 amide bonds. The molecule has 0 aliphatic rings. The molecule has 0 fully saturated rings. The summed E-state index contributed by atoms with van der Waals surface area (Å²) in [6.45, 7) is 0. The van der Waals surface area contributed by atoms with Crippen molar-refractivity contribution in [2.45, 2.75) is 6.42 Å². The van der Waals surface area contributed by atoms with Gasteiger partial charge in [-0.3, -0.25) is 9.89 Å². The van der Waals surface area contributed by atoms with Crippen LogP contribution in [0.25, 0.3) is 17.3 Å². The standard InChI is InChI=1S/C14H14N2O2/c1-18-14(17)8-4-6-11-5-2-3-7-12(11)13-9-10-15-16-13/h2-7,9-10H,8H2,1H3,(H,15,16). The monoisotopic (exact) mass is 242 g/mol. The molecule has 0 bridgehead atoms. The van der Waals surface area contributed by atoms with Crippen molar-refractivity contribution in [1.82, 2.24) is 10.2 Å². The number of hydrogen-bond acceptors (Lipinski definition) is 3. The van der Waals surface area contributed by atoms with Gasteiger partial charge in [-0.2, -0.15) is 5.10 Å². The Kier molecular flexibility index (Phi) is 3.91. The molecule has 0 atom stereocenters.